The van der Waals surface area contributed by atoms with Gasteiger partial charge in [-0.15, -0.1) is 0 Å². The summed E-state index contributed by atoms with van der Waals surface area (Å²) in [6.07, 6.45) is 9.64. The number of likely N-dealkylation sites (N-methyl/N-ethyl adjacent to an activating group) is 1. The largest absolute Gasteiger partial charge is 0.433 e. The Morgan fingerprint density at radius 2 is 2.00 bits per heavy atom. The summed E-state index contributed by atoms with van der Waals surface area (Å²) in [4.78, 5) is 11.4. The maximum absolute atomic E-state index is 10.2. The second-order valence-electron chi connectivity index (χ2n) is 9.85. The first-order chi connectivity index (χ1) is 15.8. The van der Waals surface area contributed by atoms with E-state index < -0.39 is 5.60 Å². The first-order valence-electron chi connectivity index (χ1n) is 11.7. The number of nitrogens with zero attached hydrogens (tertiary/aromatic N) is 5. The standard InChI is InChI=1S/C25H32N6O2/c1-16-10-17(11-18-14-30(3)9-6-21(16)18)22-13-27-23(26)24(29-22)33-20-12-28-31(15-20)19-4-7-25(2,32)8-5-19/h10-13,15,19,32H,4-9,14H2,1-3H3,(H2,26,27)/t19-,25-. The summed E-state index contributed by atoms with van der Waals surface area (Å²) in [5.41, 5.74) is 11.3. The number of aliphatic hydroxyl groups is 1. The monoisotopic (exact) mass is 448 g/mol. The van der Waals surface area contributed by atoms with E-state index in [1.165, 1.54) is 16.7 Å². The minimum atomic E-state index is -0.572. The Balaban J connectivity index is 1.37. The summed E-state index contributed by atoms with van der Waals surface area (Å²) in [6.45, 7) is 6.08. The van der Waals surface area contributed by atoms with Gasteiger partial charge in [0.25, 0.3) is 5.88 Å². The van der Waals surface area contributed by atoms with Crippen LogP contribution in [0.2, 0.25) is 0 Å². The average Bonchev–Trinajstić information content (AvgIpc) is 3.23. The Labute approximate surface area is 194 Å². The molecular weight excluding hydrogens is 416 g/mol. The van der Waals surface area contributed by atoms with Crippen molar-refractivity contribution in [3.05, 3.63) is 47.4 Å². The van der Waals surface area contributed by atoms with Gasteiger partial charge in [-0.2, -0.15) is 5.10 Å². The summed E-state index contributed by atoms with van der Waals surface area (Å²) < 4.78 is 7.92. The lowest BCUT2D eigenvalue weighted by molar-refractivity contribution is 0.00850. The zero-order valence-electron chi connectivity index (χ0n) is 19.6. The van der Waals surface area contributed by atoms with E-state index in [0.29, 0.717) is 5.75 Å². The third-order valence-corrected chi connectivity index (χ3v) is 7.01. The molecule has 3 heterocycles. The lowest BCUT2D eigenvalue weighted by atomic mass is 9.84. The summed E-state index contributed by atoms with van der Waals surface area (Å²) in [6, 6.07) is 4.64. The van der Waals surface area contributed by atoms with Crippen molar-refractivity contribution < 1.29 is 9.84 Å². The number of hydrogen-bond acceptors (Lipinski definition) is 7. The van der Waals surface area contributed by atoms with E-state index in [-0.39, 0.29) is 17.7 Å². The van der Waals surface area contributed by atoms with E-state index >= 15 is 0 Å². The number of hydrogen-bond donors (Lipinski definition) is 2. The molecule has 8 heteroatoms. The number of nitrogens with two attached hydrogens (primary N) is 1. The molecule has 1 saturated carbocycles. The summed E-state index contributed by atoms with van der Waals surface area (Å²) in [5, 5.41) is 14.7. The van der Waals surface area contributed by atoms with Crippen molar-refractivity contribution in [1.82, 2.24) is 24.6 Å². The topological polar surface area (TPSA) is 102 Å². The molecular formula is C25H32N6O2. The Morgan fingerprint density at radius 3 is 2.79 bits per heavy atom. The third kappa shape index (κ3) is 4.58. The molecule has 2 aromatic heterocycles. The Kier molecular flexibility index (Phi) is 5.58. The molecule has 0 unspecified atom stereocenters. The van der Waals surface area contributed by atoms with Crippen LogP contribution in [0.3, 0.4) is 0 Å². The van der Waals surface area contributed by atoms with Gasteiger partial charge in [0, 0.05) is 18.7 Å². The highest BCUT2D eigenvalue weighted by Crippen LogP contribution is 2.36. The van der Waals surface area contributed by atoms with Gasteiger partial charge in [0.2, 0.25) is 0 Å². The van der Waals surface area contributed by atoms with Crippen LogP contribution in [0.5, 0.6) is 11.6 Å². The molecule has 0 saturated heterocycles. The Bertz CT molecular complexity index is 1160. The molecule has 0 bridgehead atoms. The van der Waals surface area contributed by atoms with Crippen molar-refractivity contribution in [3.8, 4) is 22.9 Å². The van der Waals surface area contributed by atoms with Crippen molar-refractivity contribution in [3.63, 3.8) is 0 Å². The molecule has 3 N–H and O–H groups in total. The van der Waals surface area contributed by atoms with Crippen LogP contribution in [-0.2, 0) is 13.0 Å². The lowest BCUT2D eigenvalue weighted by Crippen LogP contribution is -2.31. The number of ether oxygens (including phenoxy) is 1. The van der Waals surface area contributed by atoms with E-state index in [0.717, 1.165) is 56.5 Å². The number of anilines is 1. The van der Waals surface area contributed by atoms with Gasteiger partial charge >= 0.3 is 0 Å². The molecule has 1 aliphatic heterocycles. The SMILES string of the molecule is Cc1cc(-c2cnc(N)c(Oc3cnn([C@H]4CC[C@](C)(O)CC4)c3)n2)cc2c1CCN(C)C2. The summed E-state index contributed by atoms with van der Waals surface area (Å²) in [7, 11) is 2.15. The molecule has 8 nitrogen and oxygen atoms in total. The maximum atomic E-state index is 10.2. The molecule has 3 aromatic rings. The molecule has 1 aromatic carbocycles. The Hall–Kier alpha value is -2.97. The van der Waals surface area contributed by atoms with E-state index in [9.17, 15) is 5.11 Å². The molecule has 0 amide bonds. The highest BCUT2D eigenvalue weighted by atomic mass is 16.5. The smallest absolute Gasteiger partial charge is 0.263 e. The number of aromatic nitrogens is 4. The van der Waals surface area contributed by atoms with Crippen LogP contribution in [0, 0.1) is 6.92 Å². The highest BCUT2D eigenvalue weighted by molar-refractivity contribution is 5.64. The first-order valence-corrected chi connectivity index (χ1v) is 11.7. The summed E-state index contributed by atoms with van der Waals surface area (Å²) >= 11 is 0. The second kappa shape index (κ2) is 8.43. The van der Waals surface area contributed by atoms with Gasteiger partial charge < -0.3 is 20.5 Å². The van der Waals surface area contributed by atoms with Crippen LogP contribution in [0.15, 0.2) is 30.7 Å². The zero-order valence-corrected chi connectivity index (χ0v) is 19.6. The van der Waals surface area contributed by atoms with Gasteiger partial charge in [0.15, 0.2) is 11.6 Å². The van der Waals surface area contributed by atoms with Gasteiger partial charge in [0.1, 0.15) is 0 Å². The van der Waals surface area contributed by atoms with Crippen LogP contribution >= 0.6 is 0 Å². The van der Waals surface area contributed by atoms with Gasteiger partial charge in [0.05, 0.1) is 35.9 Å². The molecule has 1 aliphatic carbocycles. The molecule has 0 spiro atoms. The fourth-order valence-corrected chi connectivity index (χ4v) is 4.98. The Morgan fingerprint density at radius 1 is 1.21 bits per heavy atom. The lowest BCUT2D eigenvalue weighted by Gasteiger charge is -2.32. The number of benzene rings is 1. The molecule has 174 valence electrons. The van der Waals surface area contributed by atoms with Crippen LogP contribution in [0.4, 0.5) is 5.82 Å². The van der Waals surface area contributed by atoms with Crippen LogP contribution in [0.25, 0.3) is 11.3 Å². The maximum Gasteiger partial charge on any atom is 0.263 e. The zero-order chi connectivity index (χ0) is 23.2. The van der Waals surface area contributed by atoms with Crippen LogP contribution in [-0.4, -0.2) is 48.9 Å². The van der Waals surface area contributed by atoms with E-state index in [4.69, 9.17) is 15.5 Å². The predicted molar refractivity (Wildman–Crippen MR) is 127 cm³/mol. The number of fused-ring (bicyclic) bond motifs is 1. The normalized spacial score (nSPS) is 23.3. The van der Waals surface area contributed by atoms with E-state index in [1.54, 1.807) is 12.4 Å². The fraction of sp³-hybridized carbons (Fsp3) is 0.480. The number of rotatable bonds is 4. The minimum absolute atomic E-state index is 0.245. The van der Waals surface area contributed by atoms with E-state index in [2.05, 4.69) is 41.1 Å². The van der Waals surface area contributed by atoms with Gasteiger partial charge in [-0.1, -0.05) is 0 Å². The first kappa shape index (κ1) is 21.9. The fourth-order valence-electron chi connectivity index (χ4n) is 4.98. The predicted octanol–water partition coefficient (Wildman–Crippen LogP) is 3.88. The van der Waals surface area contributed by atoms with Crippen molar-refractivity contribution in [2.75, 3.05) is 19.3 Å². The molecule has 33 heavy (non-hydrogen) atoms. The molecule has 5 rings (SSSR count). The molecule has 0 radical (unpaired) electrons. The van der Waals surface area contributed by atoms with Crippen molar-refractivity contribution in [2.24, 2.45) is 0 Å². The minimum Gasteiger partial charge on any atom is -0.433 e. The van der Waals surface area contributed by atoms with E-state index in [1.807, 2.05) is 17.8 Å². The quantitative estimate of drug-likeness (QED) is 0.624. The summed E-state index contributed by atoms with van der Waals surface area (Å²) in [5.74, 6) is 1.11. The van der Waals surface area contributed by atoms with Gasteiger partial charge in [-0.3, -0.25) is 4.68 Å². The van der Waals surface area contributed by atoms with Crippen LogP contribution in [0.1, 0.15) is 55.3 Å². The van der Waals surface area contributed by atoms with Crippen molar-refractivity contribution in [1.29, 1.82) is 0 Å². The number of nitrogen functional groups attached to an aromatic ring is 1. The highest BCUT2D eigenvalue weighted by Gasteiger charge is 2.30. The molecule has 0 atom stereocenters. The molecule has 2 aliphatic rings. The van der Waals surface area contributed by atoms with Gasteiger partial charge in [-0.25, -0.2) is 9.97 Å². The van der Waals surface area contributed by atoms with Crippen molar-refractivity contribution >= 4 is 5.82 Å². The van der Waals surface area contributed by atoms with Crippen molar-refractivity contribution in [2.45, 2.75) is 64.1 Å². The molecule has 1 fully saturated rings. The average molecular weight is 449 g/mol. The van der Waals surface area contributed by atoms with Gasteiger partial charge in [-0.05, 0) is 81.8 Å². The second-order valence-corrected chi connectivity index (χ2v) is 9.85. The number of aryl methyl sites for hydroxylation is 1. The third-order valence-electron chi connectivity index (χ3n) is 7.01. The van der Waals surface area contributed by atoms with Crippen LogP contribution < -0.4 is 10.5 Å².